The predicted molar refractivity (Wildman–Crippen MR) is 114 cm³/mol. The Morgan fingerprint density at radius 1 is 1.27 bits per heavy atom. The molecule has 0 spiro atoms. The summed E-state index contributed by atoms with van der Waals surface area (Å²) in [6.45, 7) is 5.74. The second kappa shape index (κ2) is 9.75. The van der Waals surface area contributed by atoms with Gasteiger partial charge >= 0.3 is 0 Å². The summed E-state index contributed by atoms with van der Waals surface area (Å²) < 4.78 is 18.8. The lowest BCUT2D eigenvalue weighted by atomic mass is 9.96. The molecule has 1 aromatic carbocycles. The van der Waals surface area contributed by atoms with E-state index in [1.165, 1.54) is 6.07 Å². The molecule has 26 heavy (non-hydrogen) atoms. The fourth-order valence-corrected chi connectivity index (χ4v) is 2.84. The third kappa shape index (κ3) is 5.59. The van der Waals surface area contributed by atoms with Crippen LogP contribution < -0.4 is 10.6 Å². The number of benzene rings is 1. The molecule has 1 heterocycles. The first kappa shape index (κ1) is 20.5. The lowest BCUT2D eigenvalue weighted by Gasteiger charge is -2.16. The lowest BCUT2D eigenvalue weighted by Crippen LogP contribution is -2.39. The predicted octanol–water partition coefficient (Wildman–Crippen LogP) is 4.03. The van der Waals surface area contributed by atoms with Gasteiger partial charge in [-0.15, -0.1) is 30.6 Å². The Kier molecular flexibility index (Phi) is 7.68. The van der Waals surface area contributed by atoms with Gasteiger partial charge in [-0.1, -0.05) is 18.2 Å². The van der Waals surface area contributed by atoms with E-state index in [1.807, 2.05) is 18.2 Å². The maximum absolute atomic E-state index is 13.5. The molecule has 1 saturated carbocycles. The number of hydrogen-bond acceptors (Lipinski definition) is 2. The van der Waals surface area contributed by atoms with Crippen molar-refractivity contribution in [2.24, 2.45) is 4.99 Å². The minimum absolute atomic E-state index is 0. The maximum atomic E-state index is 13.5. The van der Waals surface area contributed by atoms with Crippen molar-refractivity contribution in [2.45, 2.75) is 24.7 Å². The number of aliphatic imine (C=N–C) groups is 1. The van der Waals surface area contributed by atoms with E-state index in [4.69, 9.17) is 9.41 Å². The van der Waals surface area contributed by atoms with Crippen molar-refractivity contribution in [3.63, 3.8) is 0 Å². The highest BCUT2D eigenvalue weighted by molar-refractivity contribution is 14.0. The van der Waals surface area contributed by atoms with Crippen molar-refractivity contribution in [1.29, 1.82) is 0 Å². The summed E-state index contributed by atoms with van der Waals surface area (Å²) in [6.07, 6.45) is 6.35. The molecule has 0 unspecified atom stereocenters. The highest BCUT2D eigenvalue weighted by Gasteiger charge is 2.44. The molecule has 1 aliphatic rings. The van der Waals surface area contributed by atoms with E-state index in [-0.39, 0.29) is 35.2 Å². The van der Waals surface area contributed by atoms with Crippen LogP contribution in [0, 0.1) is 5.82 Å². The van der Waals surface area contributed by atoms with Gasteiger partial charge in [0.15, 0.2) is 5.96 Å². The van der Waals surface area contributed by atoms with E-state index in [1.54, 1.807) is 24.5 Å². The Hall–Kier alpha value is -1.83. The Bertz CT molecular complexity index is 726. The van der Waals surface area contributed by atoms with E-state index in [0.29, 0.717) is 13.1 Å². The van der Waals surface area contributed by atoms with Crippen LogP contribution >= 0.6 is 24.0 Å². The molecule has 6 heteroatoms. The van der Waals surface area contributed by atoms with Crippen molar-refractivity contribution in [3.05, 3.63) is 72.5 Å². The zero-order valence-corrected chi connectivity index (χ0v) is 17.0. The second-order valence-corrected chi connectivity index (χ2v) is 6.38. The molecular weight excluding hydrogens is 444 g/mol. The normalized spacial score (nSPS) is 15.0. The molecule has 1 aromatic heterocycles. The third-order valence-electron chi connectivity index (χ3n) is 4.49. The highest BCUT2D eigenvalue weighted by atomic mass is 127. The van der Waals surface area contributed by atoms with Gasteiger partial charge in [-0.05, 0) is 42.7 Å². The summed E-state index contributed by atoms with van der Waals surface area (Å²) in [4.78, 5) is 4.71. The van der Waals surface area contributed by atoms with Crippen LogP contribution in [0.15, 0.2) is 64.7 Å². The SMILES string of the molecule is C=CCNC(=NCC1(c2cccc(F)c2)CC1)NCCc1ccco1.I. The first-order chi connectivity index (χ1) is 12.2. The molecule has 3 rings (SSSR count). The average molecular weight is 469 g/mol. The number of nitrogens with one attached hydrogen (secondary N) is 2. The van der Waals surface area contributed by atoms with Crippen molar-refractivity contribution >= 4 is 29.9 Å². The molecule has 0 atom stereocenters. The summed E-state index contributed by atoms with van der Waals surface area (Å²) in [5.41, 5.74) is 1.02. The summed E-state index contributed by atoms with van der Waals surface area (Å²) in [5.74, 6) is 1.50. The number of rotatable bonds is 8. The third-order valence-corrected chi connectivity index (χ3v) is 4.49. The van der Waals surface area contributed by atoms with Gasteiger partial charge in [0.05, 0.1) is 12.8 Å². The van der Waals surface area contributed by atoms with Gasteiger partial charge in [-0.25, -0.2) is 4.39 Å². The van der Waals surface area contributed by atoms with Gasteiger partial charge in [0.2, 0.25) is 0 Å². The lowest BCUT2D eigenvalue weighted by molar-refractivity contribution is 0.506. The van der Waals surface area contributed by atoms with Crippen molar-refractivity contribution in [1.82, 2.24) is 10.6 Å². The molecule has 4 nitrogen and oxygen atoms in total. The van der Waals surface area contributed by atoms with Crippen LogP contribution in [0.5, 0.6) is 0 Å². The summed E-state index contributed by atoms with van der Waals surface area (Å²) in [6, 6.07) is 10.7. The fourth-order valence-electron chi connectivity index (χ4n) is 2.84. The molecule has 0 radical (unpaired) electrons. The Morgan fingerprint density at radius 3 is 2.77 bits per heavy atom. The number of halogens is 2. The first-order valence-corrected chi connectivity index (χ1v) is 8.63. The van der Waals surface area contributed by atoms with Gasteiger partial charge in [0.25, 0.3) is 0 Å². The number of guanidine groups is 1. The topological polar surface area (TPSA) is 49.6 Å². The summed E-state index contributed by atoms with van der Waals surface area (Å²) in [5, 5.41) is 6.54. The number of hydrogen-bond donors (Lipinski definition) is 2. The average Bonchev–Trinajstić information content (AvgIpc) is 3.24. The Morgan fingerprint density at radius 2 is 2.12 bits per heavy atom. The van der Waals surface area contributed by atoms with Gasteiger partial charge in [0.1, 0.15) is 11.6 Å². The molecule has 2 N–H and O–H groups in total. The largest absolute Gasteiger partial charge is 0.469 e. The van der Waals surface area contributed by atoms with E-state index < -0.39 is 0 Å². The van der Waals surface area contributed by atoms with Crippen LogP contribution in [0.2, 0.25) is 0 Å². The van der Waals surface area contributed by atoms with Crippen molar-refractivity contribution < 1.29 is 8.81 Å². The smallest absolute Gasteiger partial charge is 0.191 e. The highest BCUT2D eigenvalue weighted by Crippen LogP contribution is 2.48. The van der Waals surface area contributed by atoms with Gasteiger partial charge in [-0.3, -0.25) is 4.99 Å². The van der Waals surface area contributed by atoms with E-state index >= 15 is 0 Å². The van der Waals surface area contributed by atoms with Crippen molar-refractivity contribution in [3.8, 4) is 0 Å². The van der Waals surface area contributed by atoms with Crippen molar-refractivity contribution in [2.75, 3.05) is 19.6 Å². The van der Waals surface area contributed by atoms with E-state index in [9.17, 15) is 4.39 Å². The standard InChI is InChI=1S/C20H24FN3O.HI/c1-2-11-22-19(23-12-8-18-7-4-13-25-18)24-15-20(9-10-20)16-5-3-6-17(21)14-16;/h2-7,13-14H,1,8-12,15H2,(H2,22,23,24);1H. The molecule has 2 aromatic rings. The molecular formula is C20H25FIN3O. The van der Waals surface area contributed by atoms with Crippen LogP contribution in [-0.4, -0.2) is 25.6 Å². The van der Waals surface area contributed by atoms with E-state index in [0.717, 1.165) is 43.1 Å². The molecule has 0 saturated heterocycles. The quantitative estimate of drug-likeness (QED) is 0.266. The van der Waals surface area contributed by atoms with Gasteiger partial charge in [-0.2, -0.15) is 0 Å². The molecule has 0 bridgehead atoms. The second-order valence-electron chi connectivity index (χ2n) is 6.38. The zero-order chi connectivity index (χ0) is 17.5. The summed E-state index contributed by atoms with van der Waals surface area (Å²) in [7, 11) is 0. The maximum Gasteiger partial charge on any atom is 0.191 e. The first-order valence-electron chi connectivity index (χ1n) is 8.63. The van der Waals surface area contributed by atoms with Gasteiger partial charge in [0, 0.05) is 24.9 Å². The van der Waals surface area contributed by atoms with Crippen LogP contribution in [0.25, 0.3) is 0 Å². The monoisotopic (exact) mass is 469 g/mol. The molecule has 140 valence electrons. The molecule has 0 aliphatic heterocycles. The molecule has 1 fully saturated rings. The minimum atomic E-state index is -0.186. The van der Waals surface area contributed by atoms with Crippen LogP contribution in [-0.2, 0) is 11.8 Å². The van der Waals surface area contributed by atoms with Crippen LogP contribution in [0.3, 0.4) is 0 Å². The zero-order valence-electron chi connectivity index (χ0n) is 14.7. The van der Waals surface area contributed by atoms with Gasteiger partial charge < -0.3 is 15.1 Å². The molecule has 0 amide bonds. The Labute approximate surface area is 171 Å². The van der Waals surface area contributed by atoms with E-state index in [2.05, 4.69) is 17.2 Å². The number of furan rings is 1. The Balaban J connectivity index is 0.00000243. The van der Waals surface area contributed by atoms with Crippen LogP contribution in [0.4, 0.5) is 4.39 Å². The van der Waals surface area contributed by atoms with Crippen LogP contribution in [0.1, 0.15) is 24.2 Å². The summed E-state index contributed by atoms with van der Waals surface area (Å²) >= 11 is 0. The fraction of sp³-hybridized carbons (Fsp3) is 0.350. The molecule has 1 aliphatic carbocycles. The minimum Gasteiger partial charge on any atom is -0.469 e. The number of nitrogens with zero attached hydrogens (tertiary/aromatic N) is 1.